The van der Waals surface area contributed by atoms with E-state index < -0.39 is 5.60 Å². The van der Waals surface area contributed by atoms with Crippen molar-refractivity contribution in [1.82, 2.24) is 0 Å². The van der Waals surface area contributed by atoms with Gasteiger partial charge in [-0.2, -0.15) is 0 Å². The first-order valence-corrected chi connectivity index (χ1v) is 6.03. The van der Waals surface area contributed by atoms with E-state index in [1.165, 1.54) is 0 Å². The normalized spacial score (nSPS) is 18.0. The molecule has 4 nitrogen and oxygen atoms in total. The maximum absolute atomic E-state index is 10.2. The van der Waals surface area contributed by atoms with Gasteiger partial charge < -0.3 is 20.9 Å². The molecule has 0 heterocycles. The van der Waals surface area contributed by atoms with Crippen LogP contribution in [0.1, 0.15) is 25.7 Å². The van der Waals surface area contributed by atoms with Crippen LogP contribution < -0.4 is 15.8 Å². The lowest BCUT2D eigenvalue weighted by Gasteiger charge is -2.23. The van der Waals surface area contributed by atoms with Gasteiger partial charge in [-0.05, 0) is 25.0 Å². The zero-order valence-corrected chi connectivity index (χ0v) is 10.2. The second kappa shape index (κ2) is 4.84. The van der Waals surface area contributed by atoms with E-state index in [0.29, 0.717) is 18.0 Å². The van der Waals surface area contributed by atoms with Crippen LogP contribution in [0.5, 0.6) is 5.75 Å². The number of ether oxygens (including phenoxy) is 1. The smallest absolute Gasteiger partial charge is 0.143 e. The minimum atomic E-state index is -0.547. The van der Waals surface area contributed by atoms with Gasteiger partial charge in [-0.3, -0.25) is 0 Å². The predicted molar refractivity (Wildman–Crippen MR) is 69.3 cm³/mol. The lowest BCUT2D eigenvalue weighted by molar-refractivity contribution is 0.0615. The van der Waals surface area contributed by atoms with E-state index in [2.05, 4.69) is 5.32 Å². The van der Waals surface area contributed by atoms with Crippen molar-refractivity contribution in [2.45, 2.75) is 31.3 Å². The summed E-state index contributed by atoms with van der Waals surface area (Å²) in [6.07, 6.45) is 3.99. The Morgan fingerprint density at radius 2 is 2.12 bits per heavy atom. The Hall–Kier alpha value is -1.42. The van der Waals surface area contributed by atoms with Crippen LogP contribution in [0.25, 0.3) is 0 Å². The molecule has 0 aromatic heterocycles. The van der Waals surface area contributed by atoms with Crippen LogP contribution >= 0.6 is 0 Å². The molecule has 17 heavy (non-hydrogen) atoms. The van der Waals surface area contributed by atoms with Gasteiger partial charge in [0.25, 0.3) is 0 Å². The molecule has 0 amide bonds. The lowest BCUT2D eigenvalue weighted by atomic mass is 10.0. The van der Waals surface area contributed by atoms with Crippen molar-refractivity contribution in [1.29, 1.82) is 0 Å². The molecule has 0 spiro atoms. The predicted octanol–water partition coefficient (Wildman–Crippen LogP) is 1.99. The minimum absolute atomic E-state index is 0.547. The fraction of sp³-hybridized carbons (Fsp3) is 0.538. The summed E-state index contributed by atoms with van der Waals surface area (Å²) in [4.78, 5) is 0. The van der Waals surface area contributed by atoms with E-state index in [0.717, 1.165) is 31.4 Å². The third kappa shape index (κ3) is 2.82. The average Bonchev–Trinajstić information content (AvgIpc) is 2.76. The number of anilines is 2. The molecule has 1 aromatic carbocycles. The summed E-state index contributed by atoms with van der Waals surface area (Å²) in [7, 11) is 1.60. The molecule has 0 aliphatic heterocycles. The summed E-state index contributed by atoms with van der Waals surface area (Å²) in [5.74, 6) is 0.661. The van der Waals surface area contributed by atoms with Crippen LogP contribution in [0.15, 0.2) is 18.2 Å². The first-order chi connectivity index (χ1) is 8.13. The highest BCUT2D eigenvalue weighted by Crippen LogP contribution is 2.30. The first kappa shape index (κ1) is 12.0. The van der Waals surface area contributed by atoms with Crippen molar-refractivity contribution in [3.05, 3.63) is 18.2 Å². The van der Waals surface area contributed by atoms with Crippen LogP contribution in [-0.2, 0) is 0 Å². The van der Waals surface area contributed by atoms with Gasteiger partial charge in [-0.15, -0.1) is 0 Å². The van der Waals surface area contributed by atoms with E-state index in [1.54, 1.807) is 13.2 Å². The van der Waals surface area contributed by atoms with Crippen LogP contribution in [0.2, 0.25) is 0 Å². The van der Waals surface area contributed by atoms with Gasteiger partial charge >= 0.3 is 0 Å². The Morgan fingerprint density at radius 1 is 1.41 bits per heavy atom. The van der Waals surface area contributed by atoms with Crippen molar-refractivity contribution in [2.75, 3.05) is 24.7 Å². The molecule has 1 fully saturated rings. The van der Waals surface area contributed by atoms with Crippen LogP contribution in [0, 0.1) is 0 Å². The molecule has 1 saturated carbocycles. The van der Waals surface area contributed by atoms with Gasteiger partial charge in [0.1, 0.15) is 5.75 Å². The zero-order chi connectivity index (χ0) is 12.3. The second-order valence-electron chi connectivity index (χ2n) is 4.74. The molecule has 1 aromatic rings. The third-order valence-corrected chi connectivity index (χ3v) is 3.39. The Morgan fingerprint density at radius 3 is 2.76 bits per heavy atom. The monoisotopic (exact) mass is 236 g/mol. The topological polar surface area (TPSA) is 67.5 Å². The van der Waals surface area contributed by atoms with Gasteiger partial charge in [-0.25, -0.2) is 0 Å². The lowest BCUT2D eigenvalue weighted by Crippen LogP contribution is -2.33. The van der Waals surface area contributed by atoms with E-state index in [4.69, 9.17) is 10.5 Å². The van der Waals surface area contributed by atoms with Gasteiger partial charge in [-0.1, -0.05) is 12.8 Å². The Kier molecular flexibility index (Phi) is 3.43. The molecular weight excluding hydrogens is 216 g/mol. The van der Waals surface area contributed by atoms with E-state index in [1.807, 2.05) is 12.1 Å². The van der Waals surface area contributed by atoms with Crippen molar-refractivity contribution < 1.29 is 9.84 Å². The second-order valence-corrected chi connectivity index (χ2v) is 4.74. The molecular formula is C13H20N2O2. The molecule has 0 unspecified atom stereocenters. The van der Waals surface area contributed by atoms with Crippen molar-refractivity contribution in [3.8, 4) is 5.75 Å². The molecule has 0 bridgehead atoms. The van der Waals surface area contributed by atoms with Crippen LogP contribution in [0.4, 0.5) is 11.4 Å². The highest BCUT2D eigenvalue weighted by Gasteiger charge is 2.30. The van der Waals surface area contributed by atoms with Crippen molar-refractivity contribution in [2.24, 2.45) is 0 Å². The van der Waals surface area contributed by atoms with Gasteiger partial charge in [0.2, 0.25) is 0 Å². The maximum atomic E-state index is 10.2. The van der Waals surface area contributed by atoms with E-state index >= 15 is 0 Å². The molecule has 2 rings (SSSR count). The first-order valence-electron chi connectivity index (χ1n) is 6.03. The van der Waals surface area contributed by atoms with Gasteiger partial charge in [0.15, 0.2) is 0 Å². The fourth-order valence-corrected chi connectivity index (χ4v) is 2.30. The molecule has 0 saturated heterocycles. The zero-order valence-electron chi connectivity index (χ0n) is 10.2. The molecule has 0 atom stereocenters. The number of hydrogen-bond donors (Lipinski definition) is 3. The number of nitrogens with one attached hydrogen (secondary N) is 1. The standard InChI is InChI=1S/C13H20N2O2/c1-17-12-8-10(4-5-11(12)14)15-9-13(16)6-2-3-7-13/h4-5,8,15-16H,2-3,6-7,9,14H2,1H3. The summed E-state index contributed by atoms with van der Waals surface area (Å²) in [6.45, 7) is 0.583. The molecule has 0 radical (unpaired) electrons. The number of methoxy groups -OCH3 is 1. The molecule has 94 valence electrons. The highest BCUT2D eigenvalue weighted by atomic mass is 16.5. The van der Waals surface area contributed by atoms with Gasteiger partial charge in [0.05, 0.1) is 18.4 Å². The van der Waals surface area contributed by atoms with Gasteiger partial charge in [0, 0.05) is 18.3 Å². The summed E-state index contributed by atoms with van der Waals surface area (Å²) < 4.78 is 5.16. The third-order valence-electron chi connectivity index (χ3n) is 3.39. The number of rotatable bonds is 4. The Bertz CT molecular complexity index is 387. The Labute approximate surface area is 102 Å². The quantitative estimate of drug-likeness (QED) is 0.699. The number of nitrogen functional groups attached to an aromatic ring is 1. The Balaban J connectivity index is 1.99. The van der Waals surface area contributed by atoms with E-state index in [-0.39, 0.29) is 0 Å². The summed E-state index contributed by atoms with van der Waals surface area (Å²) in [6, 6.07) is 5.56. The summed E-state index contributed by atoms with van der Waals surface area (Å²) in [5.41, 5.74) is 6.75. The SMILES string of the molecule is COc1cc(NCC2(O)CCCC2)ccc1N. The largest absolute Gasteiger partial charge is 0.495 e. The van der Waals surface area contributed by atoms with Crippen molar-refractivity contribution in [3.63, 3.8) is 0 Å². The minimum Gasteiger partial charge on any atom is -0.495 e. The summed E-state index contributed by atoms with van der Waals surface area (Å²) >= 11 is 0. The van der Waals surface area contributed by atoms with Crippen molar-refractivity contribution >= 4 is 11.4 Å². The molecule has 1 aliphatic rings. The number of benzene rings is 1. The average molecular weight is 236 g/mol. The van der Waals surface area contributed by atoms with Crippen LogP contribution in [-0.4, -0.2) is 24.4 Å². The number of aliphatic hydroxyl groups is 1. The molecule has 4 N–H and O–H groups in total. The van der Waals surface area contributed by atoms with Crippen LogP contribution in [0.3, 0.4) is 0 Å². The molecule has 1 aliphatic carbocycles. The number of hydrogen-bond acceptors (Lipinski definition) is 4. The van der Waals surface area contributed by atoms with E-state index in [9.17, 15) is 5.11 Å². The maximum Gasteiger partial charge on any atom is 0.143 e. The number of nitrogens with two attached hydrogens (primary N) is 1. The molecule has 4 heteroatoms. The summed E-state index contributed by atoms with van der Waals surface area (Å²) in [5, 5.41) is 13.5. The fourth-order valence-electron chi connectivity index (χ4n) is 2.30. The highest BCUT2D eigenvalue weighted by molar-refractivity contribution is 5.61.